The Balaban J connectivity index is 2.63. The maximum absolute atomic E-state index is 6.24. The standard InChI is InChI=1S/C15H15Br2ClN2/c1-8-5-6-9(7-10(8)16)14-19-12(15(2,3)4)11(17)13(18)20-14/h5-7H,1-4H3. The molecule has 0 bridgehead atoms. The van der Waals surface area contributed by atoms with Crippen LogP contribution in [0.3, 0.4) is 0 Å². The number of hydrogen-bond donors (Lipinski definition) is 0. The van der Waals surface area contributed by atoms with Crippen LogP contribution in [0.1, 0.15) is 32.0 Å². The Bertz CT molecular complexity index is 664. The van der Waals surface area contributed by atoms with Crippen molar-refractivity contribution in [2.24, 2.45) is 0 Å². The van der Waals surface area contributed by atoms with Gasteiger partial charge in [0.2, 0.25) is 0 Å². The van der Waals surface area contributed by atoms with E-state index in [1.807, 2.05) is 25.1 Å². The third-order valence-electron chi connectivity index (χ3n) is 2.95. The van der Waals surface area contributed by atoms with Gasteiger partial charge in [-0.15, -0.1) is 0 Å². The van der Waals surface area contributed by atoms with Crippen molar-refractivity contribution in [1.29, 1.82) is 0 Å². The second-order valence-corrected chi connectivity index (χ2v) is 7.72. The van der Waals surface area contributed by atoms with E-state index in [2.05, 4.69) is 62.6 Å². The molecule has 0 saturated heterocycles. The van der Waals surface area contributed by atoms with Crippen LogP contribution in [-0.2, 0) is 5.41 Å². The Kier molecular flexibility index (Phi) is 4.57. The second-order valence-electron chi connectivity index (χ2n) is 5.71. The Hall–Kier alpha value is -0.450. The summed E-state index contributed by atoms with van der Waals surface area (Å²) in [6.07, 6.45) is 0. The molecule has 0 unspecified atom stereocenters. The molecule has 5 heteroatoms. The molecular weight excluding hydrogens is 403 g/mol. The van der Waals surface area contributed by atoms with Crippen LogP contribution in [0.2, 0.25) is 5.15 Å². The Morgan fingerprint density at radius 1 is 1.10 bits per heavy atom. The van der Waals surface area contributed by atoms with Gasteiger partial charge < -0.3 is 0 Å². The molecule has 0 radical (unpaired) electrons. The van der Waals surface area contributed by atoms with E-state index in [-0.39, 0.29) is 5.41 Å². The molecule has 1 aromatic heterocycles. The van der Waals surface area contributed by atoms with Gasteiger partial charge in [0.25, 0.3) is 0 Å². The molecule has 0 saturated carbocycles. The molecule has 0 aliphatic heterocycles. The molecule has 0 atom stereocenters. The van der Waals surface area contributed by atoms with Crippen LogP contribution >= 0.6 is 43.5 Å². The first-order valence-corrected chi connectivity index (χ1v) is 8.16. The molecule has 0 aliphatic carbocycles. The fourth-order valence-electron chi connectivity index (χ4n) is 1.78. The molecule has 2 rings (SSSR count). The number of aromatic nitrogens is 2. The molecule has 2 nitrogen and oxygen atoms in total. The zero-order valence-corrected chi connectivity index (χ0v) is 15.7. The predicted molar refractivity (Wildman–Crippen MR) is 91.3 cm³/mol. The van der Waals surface area contributed by atoms with Crippen molar-refractivity contribution in [3.8, 4) is 11.4 Å². The van der Waals surface area contributed by atoms with E-state index in [9.17, 15) is 0 Å². The van der Waals surface area contributed by atoms with E-state index < -0.39 is 0 Å². The molecule has 0 aliphatic rings. The molecule has 106 valence electrons. The topological polar surface area (TPSA) is 25.8 Å². The minimum Gasteiger partial charge on any atom is -0.231 e. The molecule has 1 aromatic carbocycles. The Morgan fingerprint density at radius 3 is 2.30 bits per heavy atom. The summed E-state index contributed by atoms with van der Waals surface area (Å²) in [6, 6.07) is 6.06. The minimum absolute atomic E-state index is 0.109. The molecule has 0 spiro atoms. The predicted octanol–water partition coefficient (Wildman–Crippen LogP) is 5.93. The molecule has 1 heterocycles. The van der Waals surface area contributed by atoms with E-state index in [1.54, 1.807) is 0 Å². The van der Waals surface area contributed by atoms with Crippen LogP contribution in [0, 0.1) is 6.92 Å². The van der Waals surface area contributed by atoms with Gasteiger partial charge in [-0.3, -0.25) is 0 Å². The Labute approximate surface area is 141 Å². The van der Waals surface area contributed by atoms with Gasteiger partial charge in [-0.1, -0.05) is 60.4 Å². The maximum Gasteiger partial charge on any atom is 0.161 e. The lowest BCUT2D eigenvalue weighted by Crippen LogP contribution is -2.16. The van der Waals surface area contributed by atoms with Crippen molar-refractivity contribution in [1.82, 2.24) is 9.97 Å². The number of hydrogen-bond acceptors (Lipinski definition) is 2. The maximum atomic E-state index is 6.24. The normalized spacial score (nSPS) is 11.8. The number of benzene rings is 1. The summed E-state index contributed by atoms with van der Waals surface area (Å²) in [5.41, 5.74) is 2.92. The number of rotatable bonds is 1. The van der Waals surface area contributed by atoms with Crippen LogP contribution in [0.5, 0.6) is 0 Å². The van der Waals surface area contributed by atoms with Crippen LogP contribution in [0.25, 0.3) is 11.4 Å². The highest BCUT2D eigenvalue weighted by molar-refractivity contribution is 9.10. The number of nitrogens with zero attached hydrogens (tertiary/aromatic N) is 2. The monoisotopic (exact) mass is 416 g/mol. The summed E-state index contributed by atoms with van der Waals surface area (Å²) in [5.74, 6) is 0.642. The van der Waals surface area contributed by atoms with Gasteiger partial charge in [-0.25, -0.2) is 9.97 Å². The van der Waals surface area contributed by atoms with Gasteiger partial charge >= 0.3 is 0 Å². The minimum atomic E-state index is -0.109. The SMILES string of the molecule is Cc1ccc(-c2nc(Cl)c(Br)c(C(C)(C)C)n2)cc1Br. The Morgan fingerprint density at radius 2 is 1.75 bits per heavy atom. The lowest BCUT2D eigenvalue weighted by Gasteiger charge is -2.20. The zero-order chi connectivity index (χ0) is 15.1. The summed E-state index contributed by atoms with van der Waals surface area (Å²) in [5, 5.41) is 0.441. The van der Waals surface area contributed by atoms with E-state index in [4.69, 9.17) is 11.6 Å². The summed E-state index contributed by atoms with van der Waals surface area (Å²) in [6.45, 7) is 8.35. The van der Waals surface area contributed by atoms with Crippen molar-refractivity contribution in [3.63, 3.8) is 0 Å². The zero-order valence-electron chi connectivity index (χ0n) is 11.8. The van der Waals surface area contributed by atoms with Crippen LogP contribution in [0.15, 0.2) is 27.1 Å². The van der Waals surface area contributed by atoms with E-state index in [1.165, 1.54) is 5.56 Å². The van der Waals surface area contributed by atoms with E-state index in [0.29, 0.717) is 11.0 Å². The van der Waals surface area contributed by atoms with Gasteiger partial charge in [0.15, 0.2) is 5.82 Å². The fraction of sp³-hybridized carbons (Fsp3) is 0.333. The van der Waals surface area contributed by atoms with Gasteiger partial charge in [-0.05, 0) is 34.5 Å². The lowest BCUT2D eigenvalue weighted by molar-refractivity contribution is 0.564. The van der Waals surface area contributed by atoms with Crippen molar-refractivity contribution < 1.29 is 0 Å². The van der Waals surface area contributed by atoms with E-state index in [0.717, 1.165) is 20.2 Å². The summed E-state index contributed by atoms with van der Waals surface area (Å²) in [7, 11) is 0. The van der Waals surface area contributed by atoms with Crippen molar-refractivity contribution in [3.05, 3.63) is 43.6 Å². The summed E-state index contributed by atoms with van der Waals surface area (Å²) < 4.78 is 1.80. The van der Waals surface area contributed by atoms with Crippen molar-refractivity contribution in [2.45, 2.75) is 33.1 Å². The van der Waals surface area contributed by atoms with Gasteiger partial charge in [-0.2, -0.15) is 0 Å². The highest BCUT2D eigenvalue weighted by atomic mass is 79.9. The first-order chi connectivity index (χ1) is 9.20. The van der Waals surface area contributed by atoms with E-state index >= 15 is 0 Å². The highest BCUT2D eigenvalue weighted by Gasteiger charge is 2.23. The van der Waals surface area contributed by atoms with Crippen molar-refractivity contribution in [2.75, 3.05) is 0 Å². The van der Waals surface area contributed by atoms with Crippen molar-refractivity contribution >= 4 is 43.5 Å². The summed E-state index contributed by atoms with van der Waals surface area (Å²) in [4.78, 5) is 9.06. The number of halogens is 3. The number of aryl methyl sites for hydroxylation is 1. The molecule has 20 heavy (non-hydrogen) atoms. The smallest absolute Gasteiger partial charge is 0.161 e. The molecule has 0 N–H and O–H groups in total. The largest absolute Gasteiger partial charge is 0.231 e. The van der Waals surface area contributed by atoms with Crippen LogP contribution < -0.4 is 0 Å². The lowest BCUT2D eigenvalue weighted by atomic mass is 9.92. The quantitative estimate of drug-likeness (QED) is 0.537. The second kappa shape index (κ2) is 5.74. The highest BCUT2D eigenvalue weighted by Crippen LogP contribution is 2.34. The first-order valence-electron chi connectivity index (χ1n) is 6.20. The molecule has 0 amide bonds. The third kappa shape index (κ3) is 3.23. The third-order valence-corrected chi connectivity index (χ3v) is 5.06. The summed E-state index contributed by atoms with van der Waals surface area (Å²) >= 11 is 13.3. The molecule has 0 fully saturated rings. The average Bonchev–Trinajstić information content (AvgIpc) is 2.34. The van der Waals surface area contributed by atoms with Gasteiger partial charge in [0.05, 0.1) is 10.2 Å². The molecule has 2 aromatic rings. The van der Waals surface area contributed by atoms with Crippen LogP contribution in [-0.4, -0.2) is 9.97 Å². The molecular formula is C15H15Br2ClN2. The fourth-order valence-corrected chi connectivity index (χ4v) is 3.10. The van der Waals surface area contributed by atoms with Crippen LogP contribution in [0.4, 0.5) is 0 Å². The van der Waals surface area contributed by atoms with Gasteiger partial charge in [0.1, 0.15) is 5.15 Å². The first kappa shape index (κ1) is 15.9. The average molecular weight is 419 g/mol. The van der Waals surface area contributed by atoms with Gasteiger partial charge in [0, 0.05) is 15.5 Å².